The molecule has 1 aliphatic heterocycles. The number of urea groups is 1. The molecular formula is C14H25N3O4. The number of carbonyl (C=O) groups is 3. The zero-order valence-electron chi connectivity index (χ0n) is 13.2. The second-order valence-electron chi connectivity index (χ2n) is 5.87. The molecule has 1 saturated heterocycles. The highest BCUT2D eigenvalue weighted by Gasteiger charge is 2.43. The molecule has 0 aromatic heterocycles. The van der Waals surface area contributed by atoms with Gasteiger partial charge in [-0.2, -0.15) is 0 Å². The van der Waals surface area contributed by atoms with Crippen LogP contribution in [0, 0.1) is 5.41 Å². The molecule has 0 aromatic carbocycles. The summed E-state index contributed by atoms with van der Waals surface area (Å²) in [5, 5.41) is 11.6. The second kappa shape index (κ2) is 6.78. The van der Waals surface area contributed by atoms with E-state index in [1.807, 2.05) is 20.8 Å². The molecule has 0 spiro atoms. The van der Waals surface area contributed by atoms with Crippen LogP contribution in [0.3, 0.4) is 0 Å². The fourth-order valence-electron chi connectivity index (χ4n) is 2.57. The van der Waals surface area contributed by atoms with Crippen LogP contribution in [0.4, 0.5) is 4.79 Å². The van der Waals surface area contributed by atoms with Gasteiger partial charge in [0.05, 0.1) is 5.41 Å². The number of amides is 3. The molecule has 0 saturated carbocycles. The average Bonchev–Trinajstić information content (AvgIpc) is 2.85. The Labute approximate surface area is 125 Å². The van der Waals surface area contributed by atoms with Gasteiger partial charge in [-0.3, -0.25) is 9.59 Å². The molecule has 0 aliphatic carbocycles. The highest BCUT2D eigenvalue weighted by atomic mass is 16.4. The van der Waals surface area contributed by atoms with Crippen molar-refractivity contribution in [1.29, 1.82) is 0 Å². The summed E-state index contributed by atoms with van der Waals surface area (Å²) in [5.41, 5.74) is -0.602. The van der Waals surface area contributed by atoms with Crippen molar-refractivity contribution in [3.05, 3.63) is 0 Å². The van der Waals surface area contributed by atoms with Crippen molar-refractivity contribution in [2.75, 3.05) is 26.7 Å². The van der Waals surface area contributed by atoms with Gasteiger partial charge in [-0.15, -0.1) is 0 Å². The molecule has 0 radical (unpaired) electrons. The number of likely N-dealkylation sites (tertiary alicyclic amines) is 1. The average molecular weight is 299 g/mol. The van der Waals surface area contributed by atoms with E-state index in [9.17, 15) is 14.4 Å². The Kier molecular flexibility index (Phi) is 5.57. The molecule has 3 amide bonds. The standard InChI is InChI=1S/C14H25N3O4/c1-5-10(2)17(8-11(18)19)13(21)16-7-6-14(3,9-16)12(20)15-4/h10H,5-9H2,1-4H3,(H,15,20)(H,18,19). The number of carboxylic acid groups (broad SMARTS) is 1. The Bertz CT molecular complexity index is 426. The minimum absolute atomic E-state index is 0.0916. The molecule has 7 nitrogen and oxygen atoms in total. The Hall–Kier alpha value is -1.79. The van der Waals surface area contributed by atoms with E-state index in [0.29, 0.717) is 25.9 Å². The molecule has 2 N–H and O–H groups in total. The summed E-state index contributed by atoms with van der Waals surface area (Å²) in [6.45, 7) is 6.03. The summed E-state index contributed by atoms with van der Waals surface area (Å²) < 4.78 is 0. The first-order valence-electron chi connectivity index (χ1n) is 7.24. The number of nitrogens with one attached hydrogen (secondary N) is 1. The fraction of sp³-hybridized carbons (Fsp3) is 0.786. The van der Waals surface area contributed by atoms with Gasteiger partial charge in [0, 0.05) is 26.2 Å². The van der Waals surface area contributed by atoms with E-state index in [1.54, 1.807) is 11.9 Å². The highest BCUT2D eigenvalue weighted by Crippen LogP contribution is 2.31. The number of rotatable bonds is 5. The van der Waals surface area contributed by atoms with Crippen molar-refractivity contribution in [3.63, 3.8) is 0 Å². The van der Waals surface area contributed by atoms with Crippen molar-refractivity contribution >= 4 is 17.9 Å². The molecule has 1 fully saturated rings. The molecule has 2 unspecified atom stereocenters. The minimum atomic E-state index is -1.03. The van der Waals surface area contributed by atoms with E-state index >= 15 is 0 Å². The molecule has 21 heavy (non-hydrogen) atoms. The van der Waals surface area contributed by atoms with Crippen LogP contribution in [-0.2, 0) is 9.59 Å². The number of carboxylic acids is 1. The lowest BCUT2D eigenvalue weighted by atomic mass is 9.89. The van der Waals surface area contributed by atoms with Gasteiger partial charge in [0.15, 0.2) is 0 Å². The summed E-state index contributed by atoms with van der Waals surface area (Å²) in [6.07, 6.45) is 1.26. The van der Waals surface area contributed by atoms with Crippen LogP contribution in [0.15, 0.2) is 0 Å². The van der Waals surface area contributed by atoms with E-state index in [4.69, 9.17) is 5.11 Å². The van der Waals surface area contributed by atoms with Gasteiger partial charge in [0.2, 0.25) is 5.91 Å². The lowest BCUT2D eigenvalue weighted by molar-refractivity contribution is -0.138. The van der Waals surface area contributed by atoms with Gasteiger partial charge in [-0.1, -0.05) is 6.92 Å². The summed E-state index contributed by atoms with van der Waals surface area (Å²) in [7, 11) is 1.58. The molecule has 2 atom stereocenters. The van der Waals surface area contributed by atoms with Gasteiger partial charge < -0.3 is 20.2 Å². The van der Waals surface area contributed by atoms with Crippen LogP contribution in [0.1, 0.15) is 33.6 Å². The predicted molar refractivity (Wildman–Crippen MR) is 77.9 cm³/mol. The van der Waals surface area contributed by atoms with Crippen LogP contribution in [-0.4, -0.2) is 65.5 Å². The van der Waals surface area contributed by atoms with Gasteiger partial charge in [-0.05, 0) is 26.7 Å². The van der Waals surface area contributed by atoms with Gasteiger partial charge >= 0.3 is 12.0 Å². The van der Waals surface area contributed by atoms with E-state index in [-0.39, 0.29) is 24.5 Å². The monoisotopic (exact) mass is 299 g/mol. The Morgan fingerprint density at radius 3 is 2.52 bits per heavy atom. The fourth-order valence-corrected chi connectivity index (χ4v) is 2.57. The smallest absolute Gasteiger partial charge is 0.323 e. The van der Waals surface area contributed by atoms with Crippen LogP contribution >= 0.6 is 0 Å². The zero-order valence-corrected chi connectivity index (χ0v) is 13.2. The van der Waals surface area contributed by atoms with E-state index in [0.717, 1.165) is 0 Å². The topological polar surface area (TPSA) is 90.0 Å². The highest BCUT2D eigenvalue weighted by molar-refractivity contribution is 5.85. The molecule has 1 rings (SSSR count). The first-order chi connectivity index (χ1) is 9.75. The van der Waals surface area contributed by atoms with Crippen LogP contribution in [0.25, 0.3) is 0 Å². The van der Waals surface area contributed by atoms with Crippen molar-refractivity contribution in [1.82, 2.24) is 15.1 Å². The number of nitrogens with zero attached hydrogens (tertiary/aromatic N) is 2. The third-order valence-corrected chi connectivity index (χ3v) is 4.19. The predicted octanol–water partition coefficient (Wildman–Crippen LogP) is 0.750. The molecule has 1 heterocycles. The van der Waals surface area contributed by atoms with Gasteiger partial charge in [0.25, 0.3) is 0 Å². The molecular weight excluding hydrogens is 274 g/mol. The van der Waals surface area contributed by atoms with Crippen LogP contribution in [0.2, 0.25) is 0 Å². The maximum Gasteiger partial charge on any atom is 0.323 e. The van der Waals surface area contributed by atoms with Gasteiger partial charge in [-0.25, -0.2) is 4.79 Å². The van der Waals surface area contributed by atoms with E-state index in [2.05, 4.69) is 5.32 Å². The molecule has 0 bridgehead atoms. The number of carbonyl (C=O) groups excluding carboxylic acids is 2. The summed E-state index contributed by atoms with van der Waals surface area (Å²) >= 11 is 0. The number of aliphatic carboxylic acids is 1. The maximum atomic E-state index is 12.5. The Balaban J connectivity index is 2.82. The van der Waals surface area contributed by atoms with Crippen molar-refractivity contribution in [2.45, 2.75) is 39.7 Å². The SMILES string of the molecule is CCC(C)N(CC(=O)O)C(=O)N1CCC(C)(C(=O)NC)C1. The van der Waals surface area contributed by atoms with Crippen LogP contribution in [0.5, 0.6) is 0 Å². The first kappa shape index (κ1) is 17.3. The summed E-state index contributed by atoms with van der Waals surface area (Å²) in [6, 6.07) is -0.458. The van der Waals surface area contributed by atoms with Crippen molar-refractivity contribution < 1.29 is 19.5 Å². The minimum Gasteiger partial charge on any atom is -0.480 e. The van der Waals surface area contributed by atoms with Crippen molar-refractivity contribution in [2.24, 2.45) is 5.41 Å². The second-order valence-corrected chi connectivity index (χ2v) is 5.87. The van der Waals surface area contributed by atoms with Gasteiger partial charge in [0.1, 0.15) is 6.54 Å². The molecule has 1 aliphatic rings. The Morgan fingerprint density at radius 2 is 2.05 bits per heavy atom. The van der Waals surface area contributed by atoms with Crippen molar-refractivity contribution in [3.8, 4) is 0 Å². The molecule has 0 aromatic rings. The first-order valence-corrected chi connectivity index (χ1v) is 7.24. The summed E-state index contributed by atoms with van der Waals surface area (Å²) in [4.78, 5) is 38.3. The lowest BCUT2D eigenvalue weighted by Crippen LogP contribution is -2.49. The van der Waals surface area contributed by atoms with Crippen LogP contribution < -0.4 is 5.32 Å². The maximum absolute atomic E-state index is 12.5. The quantitative estimate of drug-likeness (QED) is 0.784. The largest absolute Gasteiger partial charge is 0.480 e. The third kappa shape index (κ3) is 3.86. The van der Waals surface area contributed by atoms with E-state index in [1.165, 1.54) is 4.90 Å². The molecule has 7 heteroatoms. The van der Waals surface area contributed by atoms with E-state index < -0.39 is 11.4 Å². The number of hydrogen-bond donors (Lipinski definition) is 2. The normalized spacial score (nSPS) is 22.8. The summed E-state index contributed by atoms with van der Waals surface area (Å²) in [5.74, 6) is -1.12. The lowest BCUT2D eigenvalue weighted by Gasteiger charge is -2.32. The molecule has 120 valence electrons. The third-order valence-electron chi connectivity index (χ3n) is 4.19. The Morgan fingerprint density at radius 1 is 1.43 bits per heavy atom. The number of hydrogen-bond acceptors (Lipinski definition) is 3. The zero-order chi connectivity index (χ0) is 16.2.